The van der Waals surface area contributed by atoms with E-state index in [4.69, 9.17) is 0 Å². The maximum atomic E-state index is 11.6. The second-order valence-electron chi connectivity index (χ2n) is 4.03. The summed E-state index contributed by atoms with van der Waals surface area (Å²) in [6.45, 7) is 4.88. The SMILES string of the molecule is CC(C)NCCC(=O)Cc1cccc(Br)n1. The molecule has 0 aliphatic heterocycles. The second kappa shape index (κ2) is 6.76. The molecule has 16 heavy (non-hydrogen) atoms. The van der Waals surface area contributed by atoms with Gasteiger partial charge in [0.05, 0.1) is 0 Å². The van der Waals surface area contributed by atoms with Crippen molar-refractivity contribution in [2.24, 2.45) is 0 Å². The smallest absolute Gasteiger partial charge is 0.140 e. The highest BCUT2D eigenvalue weighted by atomic mass is 79.9. The topological polar surface area (TPSA) is 42.0 Å². The van der Waals surface area contributed by atoms with Crippen LogP contribution in [0.25, 0.3) is 0 Å². The number of hydrogen-bond acceptors (Lipinski definition) is 3. The fourth-order valence-electron chi connectivity index (χ4n) is 1.34. The monoisotopic (exact) mass is 284 g/mol. The molecule has 1 heterocycles. The van der Waals surface area contributed by atoms with Crippen molar-refractivity contribution in [3.63, 3.8) is 0 Å². The van der Waals surface area contributed by atoms with E-state index in [9.17, 15) is 4.79 Å². The van der Waals surface area contributed by atoms with Crippen LogP contribution in [0, 0.1) is 0 Å². The fraction of sp³-hybridized carbons (Fsp3) is 0.500. The van der Waals surface area contributed by atoms with E-state index >= 15 is 0 Å². The summed E-state index contributed by atoms with van der Waals surface area (Å²) in [5.74, 6) is 0.221. The minimum Gasteiger partial charge on any atom is -0.314 e. The Labute approximate surface area is 105 Å². The number of ketones is 1. The van der Waals surface area contributed by atoms with Gasteiger partial charge in [-0.1, -0.05) is 19.9 Å². The fourth-order valence-corrected chi connectivity index (χ4v) is 1.72. The van der Waals surface area contributed by atoms with Crippen molar-refractivity contribution in [2.75, 3.05) is 6.54 Å². The van der Waals surface area contributed by atoms with Crippen LogP contribution in [-0.4, -0.2) is 23.4 Å². The number of halogens is 1. The van der Waals surface area contributed by atoms with E-state index in [0.29, 0.717) is 18.9 Å². The molecule has 88 valence electrons. The van der Waals surface area contributed by atoms with Crippen LogP contribution in [0.5, 0.6) is 0 Å². The molecule has 1 N–H and O–H groups in total. The van der Waals surface area contributed by atoms with Gasteiger partial charge in [0.2, 0.25) is 0 Å². The van der Waals surface area contributed by atoms with E-state index in [1.54, 1.807) is 0 Å². The zero-order valence-corrected chi connectivity index (χ0v) is 11.3. The van der Waals surface area contributed by atoms with Gasteiger partial charge in [-0.3, -0.25) is 4.79 Å². The maximum absolute atomic E-state index is 11.6. The summed E-state index contributed by atoms with van der Waals surface area (Å²) >= 11 is 3.29. The highest BCUT2D eigenvalue weighted by Gasteiger charge is 2.05. The number of carbonyl (C=O) groups is 1. The van der Waals surface area contributed by atoms with Crippen molar-refractivity contribution < 1.29 is 4.79 Å². The van der Waals surface area contributed by atoms with Crippen molar-refractivity contribution >= 4 is 21.7 Å². The average Bonchev–Trinajstić information content (AvgIpc) is 2.16. The molecule has 0 aliphatic carbocycles. The Morgan fingerprint density at radius 3 is 2.88 bits per heavy atom. The van der Waals surface area contributed by atoms with E-state index in [2.05, 4.69) is 40.1 Å². The first kappa shape index (κ1) is 13.3. The summed E-state index contributed by atoms with van der Waals surface area (Å²) in [5.41, 5.74) is 0.823. The second-order valence-corrected chi connectivity index (χ2v) is 4.84. The number of carbonyl (C=O) groups excluding carboxylic acids is 1. The molecular weight excluding hydrogens is 268 g/mol. The summed E-state index contributed by atoms with van der Waals surface area (Å²) < 4.78 is 0.776. The predicted octanol–water partition coefficient (Wildman–Crippen LogP) is 2.34. The van der Waals surface area contributed by atoms with Gasteiger partial charge < -0.3 is 5.32 Å². The van der Waals surface area contributed by atoms with Crippen molar-refractivity contribution in [1.29, 1.82) is 0 Å². The molecule has 3 nitrogen and oxygen atoms in total. The highest BCUT2D eigenvalue weighted by molar-refractivity contribution is 9.10. The van der Waals surface area contributed by atoms with Gasteiger partial charge in [0.15, 0.2) is 0 Å². The Kier molecular flexibility index (Phi) is 5.63. The Morgan fingerprint density at radius 1 is 1.50 bits per heavy atom. The van der Waals surface area contributed by atoms with Gasteiger partial charge in [0.1, 0.15) is 10.4 Å². The summed E-state index contributed by atoms with van der Waals surface area (Å²) in [6.07, 6.45) is 0.978. The molecule has 0 saturated heterocycles. The summed E-state index contributed by atoms with van der Waals surface area (Å²) in [7, 11) is 0. The van der Waals surface area contributed by atoms with Crippen LogP contribution in [0.1, 0.15) is 26.0 Å². The van der Waals surface area contributed by atoms with Crippen LogP contribution in [-0.2, 0) is 11.2 Å². The quantitative estimate of drug-likeness (QED) is 0.816. The molecule has 1 aromatic heterocycles. The Hall–Kier alpha value is -0.740. The third-order valence-corrected chi connectivity index (χ3v) is 2.55. The Bertz CT molecular complexity index is 353. The lowest BCUT2D eigenvalue weighted by Gasteiger charge is -2.06. The van der Waals surface area contributed by atoms with E-state index in [1.165, 1.54) is 0 Å². The number of aromatic nitrogens is 1. The van der Waals surface area contributed by atoms with Gasteiger partial charge >= 0.3 is 0 Å². The molecule has 0 spiro atoms. The van der Waals surface area contributed by atoms with Gasteiger partial charge in [-0.25, -0.2) is 4.98 Å². The molecule has 4 heteroatoms. The first-order chi connectivity index (χ1) is 7.58. The van der Waals surface area contributed by atoms with Crippen LogP contribution >= 0.6 is 15.9 Å². The van der Waals surface area contributed by atoms with Gasteiger partial charge in [-0.05, 0) is 28.1 Å². The third kappa shape index (κ3) is 5.37. The molecule has 0 aromatic carbocycles. The molecule has 0 fully saturated rings. The summed E-state index contributed by atoms with van der Waals surface area (Å²) in [5, 5.41) is 3.22. The Balaban J connectivity index is 2.34. The van der Waals surface area contributed by atoms with Crippen LogP contribution < -0.4 is 5.32 Å². The molecule has 0 radical (unpaired) electrons. The minimum absolute atomic E-state index is 0.221. The van der Waals surface area contributed by atoms with Crippen molar-refractivity contribution in [1.82, 2.24) is 10.3 Å². The Morgan fingerprint density at radius 2 is 2.25 bits per heavy atom. The summed E-state index contributed by atoms with van der Waals surface area (Å²) in [6, 6.07) is 6.05. The van der Waals surface area contributed by atoms with Crippen molar-refractivity contribution in [3.05, 3.63) is 28.5 Å². The van der Waals surface area contributed by atoms with Gasteiger partial charge in [0.25, 0.3) is 0 Å². The zero-order chi connectivity index (χ0) is 12.0. The molecule has 0 atom stereocenters. The van der Waals surface area contributed by atoms with Gasteiger partial charge in [-0.2, -0.15) is 0 Å². The lowest BCUT2D eigenvalue weighted by atomic mass is 10.1. The number of hydrogen-bond donors (Lipinski definition) is 1. The molecule has 0 amide bonds. The van der Waals surface area contributed by atoms with Crippen LogP contribution in [0.2, 0.25) is 0 Å². The van der Waals surface area contributed by atoms with Gasteiger partial charge in [-0.15, -0.1) is 0 Å². The number of nitrogens with one attached hydrogen (secondary N) is 1. The minimum atomic E-state index is 0.221. The molecule has 0 saturated carbocycles. The molecule has 1 rings (SSSR count). The number of pyridine rings is 1. The molecule has 0 bridgehead atoms. The summed E-state index contributed by atoms with van der Waals surface area (Å²) in [4.78, 5) is 15.8. The van der Waals surface area contributed by atoms with Crippen LogP contribution in [0.15, 0.2) is 22.8 Å². The zero-order valence-electron chi connectivity index (χ0n) is 9.66. The standard InChI is InChI=1S/C12H17BrN2O/c1-9(2)14-7-6-11(16)8-10-4-3-5-12(13)15-10/h3-5,9,14H,6-8H2,1-2H3. The normalized spacial score (nSPS) is 10.8. The first-order valence-corrected chi connectivity index (χ1v) is 6.23. The number of nitrogens with zero attached hydrogens (tertiary/aromatic N) is 1. The average molecular weight is 285 g/mol. The molecule has 1 aromatic rings. The van der Waals surface area contributed by atoms with E-state index in [0.717, 1.165) is 16.8 Å². The predicted molar refractivity (Wildman–Crippen MR) is 68.4 cm³/mol. The lowest BCUT2D eigenvalue weighted by molar-refractivity contribution is -0.118. The van der Waals surface area contributed by atoms with E-state index < -0.39 is 0 Å². The molecular formula is C12H17BrN2O. The lowest BCUT2D eigenvalue weighted by Crippen LogP contribution is -2.25. The van der Waals surface area contributed by atoms with Crippen LogP contribution in [0.4, 0.5) is 0 Å². The maximum Gasteiger partial charge on any atom is 0.140 e. The van der Waals surface area contributed by atoms with Gasteiger partial charge in [0, 0.05) is 31.1 Å². The molecule has 0 aliphatic rings. The highest BCUT2D eigenvalue weighted by Crippen LogP contribution is 2.07. The molecule has 0 unspecified atom stereocenters. The van der Waals surface area contributed by atoms with E-state index in [-0.39, 0.29) is 5.78 Å². The largest absolute Gasteiger partial charge is 0.314 e. The van der Waals surface area contributed by atoms with Crippen molar-refractivity contribution in [3.8, 4) is 0 Å². The van der Waals surface area contributed by atoms with Crippen molar-refractivity contribution in [2.45, 2.75) is 32.7 Å². The first-order valence-electron chi connectivity index (χ1n) is 5.44. The number of rotatable bonds is 6. The third-order valence-electron chi connectivity index (χ3n) is 2.11. The number of Topliss-reactive ketones (excluding diaryl/α,β-unsaturated/α-hetero) is 1. The van der Waals surface area contributed by atoms with E-state index in [1.807, 2.05) is 18.2 Å². The van der Waals surface area contributed by atoms with Crippen LogP contribution in [0.3, 0.4) is 0 Å².